The van der Waals surface area contributed by atoms with Crippen molar-refractivity contribution in [3.05, 3.63) is 65.0 Å². The summed E-state index contributed by atoms with van der Waals surface area (Å²) in [6.45, 7) is 8.40. The number of amides is 1. The van der Waals surface area contributed by atoms with Gasteiger partial charge in [0.15, 0.2) is 5.82 Å². The first-order valence-electron chi connectivity index (χ1n) is 13.2. The van der Waals surface area contributed by atoms with E-state index in [0.717, 1.165) is 67.5 Å². The van der Waals surface area contributed by atoms with Crippen molar-refractivity contribution in [3.63, 3.8) is 0 Å². The fraction of sp³-hybridized carbons (Fsp3) is 0.500. The minimum atomic E-state index is -0.577. The van der Waals surface area contributed by atoms with Crippen molar-refractivity contribution in [2.24, 2.45) is 17.2 Å². The summed E-state index contributed by atoms with van der Waals surface area (Å²) in [5.74, 6) is 7.58. The number of ether oxygens (including phenoxy) is 1. The zero-order valence-electron chi connectivity index (χ0n) is 22.7. The van der Waals surface area contributed by atoms with Crippen LogP contribution in [0.4, 0.5) is 5.69 Å². The predicted octanol–water partition coefficient (Wildman–Crippen LogP) is 6.33. The summed E-state index contributed by atoms with van der Waals surface area (Å²) in [5, 5.41) is 11.6. The number of nitriles is 1. The van der Waals surface area contributed by atoms with E-state index in [0.29, 0.717) is 11.6 Å². The lowest BCUT2D eigenvalue weighted by molar-refractivity contribution is 0.0977. The van der Waals surface area contributed by atoms with Crippen molar-refractivity contribution in [3.8, 4) is 6.07 Å². The quantitative estimate of drug-likeness (QED) is 0.208. The molecule has 7 heteroatoms. The van der Waals surface area contributed by atoms with Gasteiger partial charge in [-0.3, -0.25) is 4.79 Å². The number of hydrogen-bond acceptors (Lipinski definition) is 5. The number of hydrazine groups is 1. The van der Waals surface area contributed by atoms with E-state index in [1.54, 1.807) is 13.3 Å². The molecule has 0 saturated heterocycles. The van der Waals surface area contributed by atoms with Crippen LogP contribution in [0.25, 0.3) is 5.57 Å². The molecule has 0 atom stereocenters. The Morgan fingerprint density at radius 2 is 2.03 bits per heavy atom. The molecule has 2 aliphatic rings. The number of nitrogens with zero attached hydrogens (tertiary/aromatic N) is 3. The smallest absolute Gasteiger partial charge is 0.308 e. The molecule has 1 heterocycles. The number of aryl methyl sites for hydroxylation is 1. The highest BCUT2D eigenvalue weighted by Gasteiger charge is 2.39. The number of rotatable bonds is 6. The number of methoxy groups -OCH3 is 1. The molecular weight excluding hydrogens is 462 g/mol. The Kier molecular flexibility index (Phi) is 7.61. The Bertz CT molecular complexity index is 1250. The van der Waals surface area contributed by atoms with Gasteiger partial charge in [0.25, 0.3) is 0 Å². The SMILES string of the molecule is CC=C(OC)C1CCC(C#N)(c2ccc(N(N)C(=O)c3ncc(C)[nH]3)c(C3=CCC(C)(C)CC3)c2)CC1. The molecule has 196 valence electrons. The first kappa shape index (κ1) is 26.7. The monoisotopic (exact) mass is 501 g/mol. The average molecular weight is 502 g/mol. The summed E-state index contributed by atoms with van der Waals surface area (Å²) in [4.78, 5) is 20.3. The molecule has 37 heavy (non-hydrogen) atoms. The number of hydrogen-bond donors (Lipinski definition) is 2. The Labute approximate surface area is 220 Å². The second-order valence-corrected chi connectivity index (χ2v) is 11.3. The molecule has 1 fully saturated rings. The van der Waals surface area contributed by atoms with Gasteiger partial charge in [-0.25, -0.2) is 15.8 Å². The van der Waals surface area contributed by atoms with E-state index >= 15 is 0 Å². The number of nitrogens with one attached hydrogen (secondary N) is 1. The first-order chi connectivity index (χ1) is 17.6. The first-order valence-corrected chi connectivity index (χ1v) is 13.2. The van der Waals surface area contributed by atoms with E-state index < -0.39 is 11.3 Å². The summed E-state index contributed by atoms with van der Waals surface area (Å²) < 4.78 is 5.58. The normalized spacial score (nSPS) is 23.6. The van der Waals surface area contributed by atoms with Gasteiger partial charge in [0.2, 0.25) is 0 Å². The highest BCUT2D eigenvalue weighted by atomic mass is 16.5. The van der Waals surface area contributed by atoms with Gasteiger partial charge in [0.05, 0.1) is 30.0 Å². The fourth-order valence-corrected chi connectivity index (χ4v) is 5.75. The zero-order valence-corrected chi connectivity index (χ0v) is 22.7. The van der Waals surface area contributed by atoms with Crippen molar-refractivity contribution in [1.82, 2.24) is 9.97 Å². The van der Waals surface area contributed by atoms with E-state index in [2.05, 4.69) is 42.0 Å². The molecule has 1 aromatic heterocycles. The average Bonchev–Trinajstić information content (AvgIpc) is 3.35. The Morgan fingerprint density at radius 1 is 1.30 bits per heavy atom. The Morgan fingerprint density at radius 3 is 2.57 bits per heavy atom. The lowest BCUT2D eigenvalue weighted by Crippen LogP contribution is -2.39. The Balaban J connectivity index is 1.72. The van der Waals surface area contributed by atoms with Crippen LogP contribution >= 0.6 is 0 Å². The van der Waals surface area contributed by atoms with Gasteiger partial charge in [-0.05, 0) is 93.6 Å². The lowest BCUT2D eigenvalue weighted by atomic mass is 9.66. The molecule has 3 N–H and O–H groups in total. The number of imidazole rings is 1. The number of aromatic nitrogens is 2. The van der Waals surface area contributed by atoms with Crippen molar-refractivity contribution < 1.29 is 9.53 Å². The van der Waals surface area contributed by atoms with Gasteiger partial charge < -0.3 is 9.72 Å². The van der Waals surface area contributed by atoms with Crippen molar-refractivity contribution in [2.75, 3.05) is 12.1 Å². The summed E-state index contributed by atoms with van der Waals surface area (Å²) in [6, 6.07) is 8.65. The fourth-order valence-electron chi connectivity index (χ4n) is 5.75. The molecule has 7 nitrogen and oxygen atoms in total. The van der Waals surface area contributed by atoms with Gasteiger partial charge >= 0.3 is 5.91 Å². The maximum Gasteiger partial charge on any atom is 0.308 e. The molecule has 2 aromatic rings. The summed E-state index contributed by atoms with van der Waals surface area (Å²) in [6.07, 6.45) is 12.1. The maximum atomic E-state index is 13.2. The molecule has 1 saturated carbocycles. The number of carbonyl (C=O) groups is 1. The van der Waals surface area contributed by atoms with Gasteiger partial charge in [-0.2, -0.15) is 5.26 Å². The third-order valence-electron chi connectivity index (χ3n) is 8.23. The molecule has 0 unspecified atom stereocenters. The molecule has 0 radical (unpaired) electrons. The van der Waals surface area contributed by atoms with Crippen LogP contribution in [0.1, 0.15) is 93.2 Å². The minimum Gasteiger partial charge on any atom is -0.501 e. The largest absolute Gasteiger partial charge is 0.501 e. The molecule has 1 amide bonds. The number of benzene rings is 1. The standard InChI is InChI=1S/C30H39N5O2/c1-6-26(37-5)22-11-15-30(19-31,16-12-22)23-7-8-25(35(32)28(36)27-33-18-20(2)34-27)24(17-23)21-9-13-29(3,4)14-10-21/h6-9,17-18,22H,10-16,32H2,1-5H3,(H,33,34). The number of H-pyrrole nitrogens is 1. The van der Waals surface area contributed by atoms with Gasteiger partial charge in [-0.15, -0.1) is 0 Å². The van der Waals surface area contributed by atoms with Crippen LogP contribution in [0.3, 0.4) is 0 Å². The second kappa shape index (κ2) is 10.5. The molecule has 2 aliphatic carbocycles. The van der Waals surface area contributed by atoms with Crippen molar-refractivity contribution >= 4 is 17.2 Å². The summed E-state index contributed by atoms with van der Waals surface area (Å²) in [7, 11) is 1.72. The zero-order chi connectivity index (χ0) is 26.8. The molecular formula is C30H39N5O2. The van der Waals surface area contributed by atoms with Crippen LogP contribution in [0.2, 0.25) is 0 Å². The van der Waals surface area contributed by atoms with Gasteiger partial charge in [-0.1, -0.05) is 26.0 Å². The van der Waals surface area contributed by atoms with Crippen LogP contribution < -0.4 is 10.9 Å². The van der Waals surface area contributed by atoms with Crippen LogP contribution in [-0.4, -0.2) is 23.0 Å². The third kappa shape index (κ3) is 5.35. The van der Waals surface area contributed by atoms with E-state index in [-0.39, 0.29) is 11.2 Å². The summed E-state index contributed by atoms with van der Waals surface area (Å²) in [5.41, 5.74) is 4.18. The minimum absolute atomic E-state index is 0.207. The van der Waals surface area contributed by atoms with Gasteiger partial charge in [0.1, 0.15) is 0 Å². The van der Waals surface area contributed by atoms with E-state index in [1.807, 2.05) is 32.1 Å². The van der Waals surface area contributed by atoms with Crippen molar-refractivity contribution in [2.45, 2.75) is 78.1 Å². The maximum absolute atomic E-state index is 13.2. The predicted molar refractivity (Wildman–Crippen MR) is 146 cm³/mol. The molecule has 0 bridgehead atoms. The molecule has 1 aromatic carbocycles. The van der Waals surface area contributed by atoms with E-state index in [1.165, 1.54) is 10.6 Å². The molecule has 0 spiro atoms. The highest BCUT2D eigenvalue weighted by Crippen LogP contribution is 2.46. The third-order valence-corrected chi connectivity index (χ3v) is 8.23. The van der Waals surface area contributed by atoms with Crippen LogP contribution in [0.5, 0.6) is 0 Å². The number of nitrogens with two attached hydrogens (primary N) is 1. The topological polar surface area (TPSA) is 108 Å². The van der Waals surface area contributed by atoms with Gasteiger partial charge in [0, 0.05) is 23.4 Å². The highest BCUT2D eigenvalue weighted by molar-refractivity contribution is 6.04. The molecule has 4 rings (SSSR count). The number of aromatic amines is 1. The molecule has 0 aliphatic heterocycles. The number of carbonyl (C=O) groups excluding carboxylic acids is 1. The number of allylic oxidation sites excluding steroid dienone is 4. The van der Waals surface area contributed by atoms with Crippen molar-refractivity contribution in [1.29, 1.82) is 5.26 Å². The van der Waals surface area contributed by atoms with E-state index in [9.17, 15) is 10.1 Å². The second-order valence-electron chi connectivity index (χ2n) is 11.3. The summed E-state index contributed by atoms with van der Waals surface area (Å²) >= 11 is 0. The Hall–Kier alpha value is -3.37. The lowest BCUT2D eigenvalue weighted by Gasteiger charge is -2.37. The van der Waals surface area contributed by atoms with E-state index in [4.69, 9.17) is 10.6 Å². The van der Waals surface area contributed by atoms with Crippen LogP contribution in [0.15, 0.2) is 42.3 Å². The van der Waals surface area contributed by atoms with Crippen LogP contribution in [0, 0.1) is 29.6 Å². The van der Waals surface area contributed by atoms with Crippen LogP contribution in [-0.2, 0) is 10.2 Å². The number of anilines is 1.